The Kier molecular flexibility index (Phi) is 7.42. The molecule has 1 aromatic heterocycles. The second kappa shape index (κ2) is 9.78. The number of aromatic nitrogens is 1. The average molecular weight is 408 g/mol. The molecule has 6 heteroatoms. The smallest absolute Gasteiger partial charge is 0.253 e. The fraction of sp³-hybridized carbons (Fsp3) is 0.250. The third-order valence-corrected chi connectivity index (χ3v) is 4.69. The molecule has 2 aromatic carbocycles. The zero-order valence-electron chi connectivity index (χ0n) is 16.9. The van der Waals surface area contributed by atoms with Crippen LogP contribution < -0.4 is 14.8 Å². The number of aromatic hydroxyl groups is 1. The zero-order valence-corrected chi connectivity index (χ0v) is 16.9. The van der Waals surface area contributed by atoms with E-state index in [0.717, 1.165) is 27.8 Å². The number of aryl methyl sites for hydroxylation is 2. The number of carbonyl (C=O) groups excluding carboxylic acids is 1. The number of ether oxygens (including phenoxy) is 2. The van der Waals surface area contributed by atoms with Crippen molar-refractivity contribution >= 4 is 5.91 Å². The lowest BCUT2D eigenvalue weighted by atomic mass is 10.00. The second-order valence-corrected chi connectivity index (χ2v) is 6.82. The number of nitrogens with one attached hydrogen (secondary N) is 1. The van der Waals surface area contributed by atoms with E-state index in [4.69, 9.17) is 9.47 Å². The van der Waals surface area contributed by atoms with Crippen molar-refractivity contribution in [3.63, 3.8) is 0 Å². The van der Waals surface area contributed by atoms with Crippen LogP contribution in [0, 0.1) is 13.8 Å². The van der Waals surface area contributed by atoms with E-state index in [1.54, 1.807) is 32.5 Å². The summed E-state index contributed by atoms with van der Waals surface area (Å²) >= 11 is 0. The molecule has 0 spiro atoms. The Hall–Kier alpha value is -3.54. The van der Waals surface area contributed by atoms with Crippen molar-refractivity contribution in [3.8, 4) is 28.4 Å². The maximum Gasteiger partial charge on any atom is 0.253 e. The fourth-order valence-corrected chi connectivity index (χ4v) is 3.10. The van der Waals surface area contributed by atoms with Crippen molar-refractivity contribution in [2.75, 3.05) is 14.2 Å². The van der Waals surface area contributed by atoms with Crippen molar-refractivity contribution < 1.29 is 19.4 Å². The molecule has 2 N–H and O–H groups in total. The van der Waals surface area contributed by atoms with Crippen LogP contribution in [0.5, 0.6) is 17.2 Å². The number of amides is 1. The van der Waals surface area contributed by atoms with Gasteiger partial charge in [0.1, 0.15) is 17.2 Å². The van der Waals surface area contributed by atoms with Gasteiger partial charge in [0, 0.05) is 30.6 Å². The zero-order chi connectivity index (χ0) is 21.0. The topological polar surface area (TPSA) is 80.7 Å². The summed E-state index contributed by atoms with van der Waals surface area (Å²) in [6.07, 6.45) is 3.24. The number of hydrogen-bond acceptors (Lipinski definition) is 5. The lowest BCUT2D eigenvalue weighted by molar-refractivity contribution is 0.0950. The first-order valence-corrected chi connectivity index (χ1v) is 9.17. The Labute approximate surface area is 177 Å². The minimum atomic E-state index is -0.228. The standard InChI is InChI=1S/C23H24N2O4.CH4/c1-14-5-17(6-15(2)22(14)26)18-9-19(13-24-12-18)23(27)25-11-16-7-20(28-3)10-21(8-16)29-4;/h5-10,12-13,26H,11H2,1-4H3,(H,25,27);1H4. The van der Waals surface area contributed by atoms with Crippen LogP contribution >= 0.6 is 0 Å². The van der Waals surface area contributed by atoms with Crippen molar-refractivity contribution in [1.82, 2.24) is 10.3 Å². The Morgan fingerprint density at radius 1 is 0.933 bits per heavy atom. The molecule has 3 rings (SSSR count). The third-order valence-electron chi connectivity index (χ3n) is 4.69. The maximum atomic E-state index is 12.6. The summed E-state index contributed by atoms with van der Waals surface area (Å²) in [6, 6.07) is 11.0. The number of carbonyl (C=O) groups is 1. The van der Waals surface area contributed by atoms with Gasteiger partial charge in [-0.1, -0.05) is 7.43 Å². The first-order valence-electron chi connectivity index (χ1n) is 9.17. The van der Waals surface area contributed by atoms with Gasteiger partial charge in [0.25, 0.3) is 5.91 Å². The summed E-state index contributed by atoms with van der Waals surface area (Å²) < 4.78 is 10.5. The number of benzene rings is 2. The average Bonchev–Trinajstić information content (AvgIpc) is 2.75. The van der Waals surface area contributed by atoms with Crippen LogP contribution in [0.1, 0.15) is 34.5 Å². The fourth-order valence-electron chi connectivity index (χ4n) is 3.10. The molecule has 0 saturated carbocycles. The molecule has 0 aliphatic carbocycles. The predicted molar refractivity (Wildman–Crippen MR) is 118 cm³/mol. The third kappa shape index (κ3) is 5.08. The molecular weight excluding hydrogens is 380 g/mol. The van der Waals surface area contributed by atoms with Gasteiger partial charge in [-0.05, 0) is 66.4 Å². The van der Waals surface area contributed by atoms with Crippen LogP contribution in [0.15, 0.2) is 48.8 Å². The Morgan fingerprint density at radius 3 is 2.10 bits per heavy atom. The maximum absolute atomic E-state index is 12.6. The molecule has 0 atom stereocenters. The Balaban J connectivity index is 0.00000320. The molecule has 0 aliphatic heterocycles. The molecule has 0 radical (unpaired) electrons. The summed E-state index contributed by atoms with van der Waals surface area (Å²) in [7, 11) is 3.17. The molecule has 30 heavy (non-hydrogen) atoms. The van der Waals surface area contributed by atoms with Crippen molar-refractivity contribution in [2.24, 2.45) is 0 Å². The minimum Gasteiger partial charge on any atom is -0.507 e. The van der Waals surface area contributed by atoms with Gasteiger partial charge in [0.2, 0.25) is 0 Å². The Bertz CT molecular complexity index is 1000. The van der Waals surface area contributed by atoms with Gasteiger partial charge in [0.15, 0.2) is 0 Å². The molecule has 1 amide bonds. The van der Waals surface area contributed by atoms with E-state index in [9.17, 15) is 9.90 Å². The van der Waals surface area contributed by atoms with Crippen LogP contribution in [-0.4, -0.2) is 30.2 Å². The normalized spacial score (nSPS) is 10.1. The molecular formula is C24H28N2O4. The molecule has 158 valence electrons. The number of rotatable bonds is 6. The molecule has 3 aromatic rings. The van der Waals surface area contributed by atoms with E-state index < -0.39 is 0 Å². The molecule has 0 bridgehead atoms. The number of nitrogens with zero attached hydrogens (tertiary/aromatic N) is 1. The van der Waals surface area contributed by atoms with E-state index >= 15 is 0 Å². The molecule has 0 saturated heterocycles. The second-order valence-electron chi connectivity index (χ2n) is 6.82. The lowest BCUT2D eigenvalue weighted by Crippen LogP contribution is -2.23. The largest absolute Gasteiger partial charge is 0.507 e. The summed E-state index contributed by atoms with van der Waals surface area (Å²) in [4.78, 5) is 16.9. The SMILES string of the molecule is C.COc1cc(CNC(=O)c2cncc(-c3cc(C)c(O)c(C)c3)c2)cc(OC)c1. The van der Waals surface area contributed by atoms with Gasteiger partial charge in [0.05, 0.1) is 19.8 Å². The highest BCUT2D eigenvalue weighted by atomic mass is 16.5. The van der Waals surface area contributed by atoms with Crippen molar-refractivity contribution in [1.29, 1.82) is 0 Å². The molecule has 6 nitrogen and oxygen atoms in total. The van der Waals surface area contributed by atoms with E-state index in [2.05, 4.69) is 10.3 Å². The highest BCUT2D eigenvalue weighted by molar-refractivity contribution is 5.95. The number of hydrogen-bond donors (Lipinski definition) is 2. The van der Waals surface area contributed by atoms with E-state index in [1.807, 2.05) is 38.1 Å². The van der Waals surface area contributed by atoms with Crippen LogP contribution in [0.3, 0.4) is 0 Å². The minimum absolute atomic E-state index is 0. The summed E-state index contributed by atoms with van der Waals surface area (Å²) in [6.45, 7) is 4.02. The molecule has 0 aliphatic rings. The van der Waals surface area contributed by atoms with Gasteiger partial charge in [-0.15, -0.1) is 0 Å². The summed E-state index contributed by atoms with van der Waals surface area (Å²) in [5.74, 6) is 1.38. The molecule has 1 heterocycles. The first kappa shape index (κ1) is 22.7. The highest BCUT2D eigenvalue weighted by Crippen LogP contribution is 2.29. The summed E-state index contributed by atoms with van der Waals surface area (Å²) in [5.41, 5.74) is 4.59. The van der Waals surface area contributed by atoms with Gasteiger partial charge in [-0.25, -0.2) is 0 Å². The quantitative estimate of drug-likeness (QED) is 0.620. The monoisotopic (exact) mass is 408 g/mol. The number of pyridine rings is 1. The van der Waals surface area contributed by atoms with Crippen LogP contribution in [0.25, 0.3) is 11.1 Å². The van der Waals surface area contributed by atoms with E-state index in [0.29, 0.717) is 23.6 Å². The van der Waals surface area contributed by atoms with Crippen LogP contribution in [-0.2, 0) is 6.54 Å². The number of phenolic OH excluding ortho intramolecular Hbond substituents is 1. The van der Waals surface area contributed by atoms with Gasteiger partial charge >= 0.3 is 0 Å². The van der Waals surface area contributed by atoms with Crippen LogP contribution in [0.2, 0.25) is 0 Å². The number of phenols is 1. The first-order chi connectivity index (χ1) is 13.9. The molecule has 0 fully saturated rings. The lowest BCUT2D eigenvalue weighted by Gasteiger charge is -2.11. The van der Waals surface area contributed by atoms with E-state index in [1.165, 1.54) is 6.20 Å². The van der Waals surface area contributed by atoms with Gasteiger partial charge in [-0.3, -0.25) is 9.78 Å². The van der Waals surface area contributed by atoms with Gasteiger partial charge in [-0.2, -0.15) is 0 Å². The highest BCUT2D eigenvalue weighted by Gasteiger charge is 2.11. The van der Waals surface area contributed by atoms with Crippen LogP contribution in [0.4, 0.5) is 0 Å². The molecule has 0 unspecified atom stereocenters. The number of methoxy groups -OCH3 is 2. The van der Waals surface area contributed by atoms with Crippen molar-refractivity contribution in [2.45, 2.75) is 27.8 Å². The van der Waals surface area contributed by atoms with Gasteiger partial charge < -0.3 is 19.9 Å². The predicted octanol–water partition coefficient (Wildman–Crippen LogP) is 4.65. The van der Waals surface area contributed by atoms with Crippen molar-refractivity contribution in [3.05, 3.63) is 71.0 Å². The summed E-state index contributed by atoms with van der Waals surface area (Å²) in [5, 5.41) is 12.9. The van der Waals surface area contributed by atoms with E-state index in [-0.39, 0.29) is 19.1 Å². The Morgan fingerprint density at radius 2 is 1.53 bits per heavy atom.